The van der Waals surface area contributed by atoms with Crippen LogP contribution in [0.3, 0.4) is 0 Å². The highest BCUT2D eigenvalue weighted by molar-refractivity contribution is 5.21. The lowest BCUT2D eigenvalue weighted by molar-refractivity contribution is 0.372. The van der Waals surface area contributed by atoms with Crippen molar-refractivity contribution >= 4 is 0 Å². The fraction of sp³-hybridized carbons (Fsp3) is 0.600. The summed E-state index contributed by atoms with van der Waals surface area (Å²) in [4.78, 5) is 1.96. The molecule has 0 aromatic heterocycles. The van der Waals surface area contributed by atoms with Crippen molar-refractivity contribution in [3.8, 4) is 0 Å². The van der Waals surface area contributed by atoms with Gasteiger partial charge in [0.05, 0.1) is 5.70 Å². The molecule has 0 amide bonds. The highest BCUT2D eigenvalue weighted by Crippen LogP contribution is 2.17. The van der Waals surface area contributed by atoms with E-state index in [0.29, 0.717) is 5.76 Å². The molecule has 0 heterocycles. The summed E-state index contributed by atoms with van der Waals surface area (Å²) in [6.07, 6.45) is 5.74. The van der Waals surface area contributed by atoms with Crippen molar-refractivity contribution in [3.63, 3.8) is 0 Å². The zero-order valence-electron chi connectivity index (χ0n) is 8.46. The largest absolute Gasteiger partial charge is 0.506 e. The Morgan fingerprint density at radius 3 is 2.25 bits per heavy atom. The van der Waals surface area contributed by atoms with Gasteiger partial charge in [0.15, 0.2) is 0 Å². The summed E-state index contributed by atoms with van der Waals surface area (Å²) in [5, 5.41) is 9.29. The van der Waals surface area contributed by atoms with Gasteiger partial charge in [-0.2, -0.15) is 0 Å². The van der Waals surface area contributed by atoms with Crippen LogP contribution in [0.15, 0.2) is 23.6 Å². The third-order valence-corrected chi connectivity index (χ3v) is 1.66. The topological polar surface area (TPSA) is 23.5 Å². The van der Waals surface area contributed by atoms with Gasteiger partial charge in [-0.3, -0.25) is 0 Å². The number of nitrogens with zero attached hydrogens (tertiary/aromatic N) is 1. The molecule has 0 spiro atoms. The smallest absolute Gasteiger partial charge is 0.134 e. The minimum absolute atomic E-state index is 0.413. The molecule has 0 aromatic rings. The first-order chi connectivity index (χ1) is 5.72. The Hall–Kier alpha value is -0.920. The molecule has 0 aliphatic heterocycles. The highest BCUT2D eigenvalue weighted by Gasteiger charge is 2.07. The van der Waals surface area contributed by atoms with Gasteiger partial charge in [0, 0.05) is 14.1 Å². The van der Waals surface area contributed by atoms with Gasteiger partial charge < -0.3 is 10.0 Å². The zero-order chi connectivity index (χ0) is 9.56. The number of hydrogen-bond acceptors (Lipinski definition) is 2. The molecule has 0 saturated carbocycles. The van der Waals surface area contributed by atoms with Crippen LogP contribution in [-0.4, -0.2) is 24.1 Å². The van der Waals surface area contributed by atoms with E-state index in [1.54, 1.807) is 6.08 Å². The van der Waals surface area contributed by atoms with Crippen molar-refractivity contribution in [1.29, 1.82) is 0 Å². The van der Waals surface area contributed by atoms with E-state index >= 15 is 0 Å². The maximum Gasteiger partial charge on any atom is 0.134 e. The van der Waals surface area contributed by atoms with Crippen LogP contribution in [0, 0.1) is 0 Å². The summed E-state index contributed by atoms with van der Waals surface area (Å²) in [7, 11) is 3.90. The summed E-state index contributed by atoms with van der Waals surface area (Å²) in [5.41, 5.74) is 1.03. The molecular weight excluding hydrogens is 150 g/mol. The van der Waals surface area contributed by atoms with Gasteiger partial charge >= 0.3 is 0 Å². The molecule has 2 nitrogen and oxygen atoms in total. The van der Waals surface area contributed by atoms with Crippen LogP contribution in [0.5, 0.6) is 0 Å². The molecule has 1 rings (SSSR count). The van der Waals surface area contributed by atoms with Crippen molar-refractivity contribution in [2.45, 2.75) is 26.7 Å². The van der Waals surface area contributed by atoms with E-state index in [9.17, 15) is 5.11 Å². The van der Waals surface area contributed by atoms with Crippen molar-refractivity contribution in [3.05, 3.63) is 23.6 Å². The van der Waals surface area contributed by atoms with Gasteiger partial charge in [0.1, 0.15) is 5.76 Å². The lowest BCUT2D eigenvalue weighted by atomic mass is 10.1. The predicted molar refractivity (Wildman–Crippen MR) is 53.1 cm³/mol. The number of aliphatic hydroxyl groups is 1. The minimum atomic E-state index is 0.413. The van der Waals surface area contributed by atoms with Crippen molar-refractivity contribution < 1.29 is 5.11 Å². The fourth-order valence-corrected chi connectivity index (χ4v) is 1.09. The maximum absolute atomic E-state index is 9.29. The number of hydrogen-bond donors (Lipinski definition) is 1. The van der Waals surface area contributed by atoms with E-state index < -0.39 is 0 Å². The van der Waals surface area contributed by atoms with Crippen LogP contribution in [0.1, 0.15) is 26.7 Å². The first-order valence-electron chi connectivity index (χ1n) is 4.48. The van der Waals surface area contributed by atoms with Gasteiger partial charge in [-0.15, -0.1) is 0 Å². The molecule has 1 aliphatic rings. The molecule has 70 valence electrons. The molecule has 1 N–H and O–H groups in total. The summed E-state index contributed by atoms with van der Waals surface area (Å²) < 4.78 is 0. The average molecular weight is 169 g/mol. The number of aliphatic hydroxyl groups excluding tert-OH is 1. The van der Waals surface area contributed by atoms with E-state index in [1.165, 1.54) is 0 Å². The summed E-state index contributed by atoms with van der Waals surface area (Å²) in [6.45, 7) is 4.00. The predicted octanol–water partition coefficient (Wildman–Crippen LogP) is 2.69. The molecule has 0 atom stereocenters. The Morgan fingerprint density at radius 1 is 1.33 bits per heavy atom. The quantitative estimate of drug-likeness (QED) is 0.652. The first kappa shape index (κ1) is 11.1. The number of rotatable bonds is 1. The van der Waals surface area contributed by atoms with Crippen LogP contribution in [-0.2, 0) is 0 Å². The van der Waals surface area contributed by atoms with Crippen molar-refractivity contribution in [2.24, 2.45) is 0 Å². The lowest BCUT2D eigenvalue weighted by Gasteiger charge is -2.19. The van der Waals surface area contributed by atoms with Gasteiger partial charge in [0.2, 0.25) is 0 Å². The molecular formula is C10H19NO. The first-order valence-corrected chi connectivity index (χ1v) is 4.48. The van der Waals surface area contributed by atoms with Crippen LogP contribution in [0.4, 0.5) is 0 Å². The molecule has 0 saturated heterocycles. The molecule has 2 heteroatoms. The molecule has 0 fully saturated rings. The summed E-state index contributed by atoms with van der Waals surface area (Å²) in [5.74, 6) is 0.413. The van der Waals surface area contributed by atoms with E-state index in [-0.39, 0.29) is 0 Å². The lowest BCUT2D eigenvalue weighted by Crippen LogP contribution is -2.14. The highest BCUT2D eigenvalue weighted by atomic mass is 16.3. The maximum atomic E-state index is 9.29. The second kappa shape index (κ2) is 5.70. The normalized spacial score (nSPS) is 15.3. The van der Waals surface area contributed by atoms with Crippen molar-refractivity contribution in [2.75, 3.05) is 14.1 Å². The molecule has 0 unspecified atom stereocenters. The van der Waals surface area contributed by atoms with Crippen LogP contribution < -0.4 is 0 Å². The summed E-state index contributed by atoms with van der Waals surface area (Å²) >= 11 is 0. The van der Waals surface area contributed by atoms with Crippen LogP contribution >= 0.6 is 0 Å². The summed E-state index contributed by atoms with van der Waals surface area (Å²) in [6, 6.07) is 0. The van der Waals surface area contributed by atoms with E-state index in [0.717, 1.165) is 18.5 Å². The molecule has 0 aromatic carbocycles. The van der Waals surface area contributed by atoms with Gasteiger partial charge in [-0.05, 0) is 18.9 Å². The van der Waals surface area contributed by atoms with Crippen LogP contribution in [0.25, 0.3) is 0 Å². The molecule has 0 bridgehead atoms. The Kier molecular flexibility index (Phi) is 5.26. The Labute approximate surface area is 75.2 Å². The molecule has 0 radical (unpaired) electrons. The van der Waals surface area contributed by atoms with Gasteiger partial charge in [0.25, 0.3) is 0 Å². The van der Waals surface area contributed by atoms with E-state index in [4.69, 9.17) is 0 Å². The van der Waals surface area contributed by atoms with Gasteiger partial charge in [-0.1, -0.05) is 19.9 Å². The Morgan fingerprint density at radius 2 is 1.92 bits per heavy atom. The van der Waals surface area contributed by atoms with E-state index in [1.807, 2.05) is 38.9 Å². The SMILES string of the molecule is CC.CN(C)C1=C(O)C=CCC1. The van der Waals surface area contributed by atoms with Crippen LogP contribution in [0.2, 0.25) is 0 Å². The molecule has 12 heavy (non-hydrogen) atoms. The standard InChI is InChI=1S/C8H13NO.C2H6/c1-9(2)7-5-3-4-6-8(7)10;1-2/h4,6,10H,3,5H2,1-2H3;1-2H3. The Balaban J connectivity index is 0.000000561. The van der Waals surface area contributed by atoms with Gasteiger partial charge in [-0.25, -0.2) is 0 Å². The van der Waals surface area contributed by atoms with E-state index in [2.05, 4.69) is 0 Å². The van der Waals surface area contributed by atoms with Crippen molar-refractivity contribution in [1.82, 2.24) is 4.90 Å². The minimum Gasteiger partial charge on any atom is -0.506 e. The number of allylic oxidation sites excluding steroid dienone is 3. The third kappa shape index (κ3) is 2.99. The second-order valence-corrected chi connectivity index (χ2v) is 2.67. The molecule has 1 aliphatic carbocycles. The monoisotopic (exact) mass is 169 g/mol. The third-order valence-electron chi connectivity index (χ3n) is 1.66. The zero-order valence-corrected chi connectivity index (χ0v) is 8.46. The Bertz CT molecular complexity index is 180. The average Bonchev–Trinajstić information content (AvgIpc) is 2.08. The second-order valence-electron chi connectivity index (χ2n) is 2.67. The fourth-order valence-electron chi connectivity index (χ4n) is 1.09.